The van der Waals surface area contributed by atoms with Crippen LogP contribution >= 0.6 is 0 Å². The topological polar surface area (TPSA) is 59.9 Å². The molecule has 1 aromatic carbocycles. The molecule has 1 heterocycles. The molecule has 0 bridgehead atoms. The largest absolute Gasteiger partial charge is 0.351 e. The second-order valence-corrected chi connectivity index (χ2v) is 4.40. The van der Waals surface area contributed by atoms with E-state index in [0.717, 1.165) is 10.9 Å². The SMILES string of the molecule is CC(CC#N)N(C)C(=O)c1cc2ccccc2[nH]1. The Kier molecular flexibility index (Phi) is 3.33. The minimum Gasteiger partial charge on any atom is -0.351 e. The molecule has 0 aliphatic carbocycles. The van der Waals surface area contributed by atoms with Gasteiger partial charge in [-0.25, -0.2) is 0 Å². The van der Waals surface area contributed by atoms with Crippen LogP contribution in [0.25, 0.3) is 10.9 Å². The Morgan fingerprint density at radius 3 is 2.89 bits per heavy atom. The fraction of sp³-hybridized carbons (Fsp3) is 0.286. The van der Waals surface area contributed by atoms with E-state index in [1.54, 1.807) is 11.9 Å². The second-order valence-electron chi connectivity index (χ2n) is 4.40. The van der Waals surface area contributed by atoms with Crippen LogP contribution in [0, 0.1) is 11.3 Å². The molecule has 0 fully saturated rings. The summed E-state index contributed by atoms with van der Waals surface area (Å²) in [6.07, 6.45) is 0.336. The van der Waals surface area contributed by atoms with Crippen LogP contribution in [-0.4, -0.2) is 28.9 Å². The van der Waals surface area contributed by atoms with Gasteiger partial charge in [0, 0.05) is 24.0 Å². The highest BCUT2D eigenvalue weighted by atomic mass is 16.2. The van der Waals surface area contributed by atoms with Crippen molar-refractivity contribution in [1.29, 1.82) is 5.26 Å². The molecule has 1 unspecified atom stereocenters. The zero-order chi connectivity index (χ0) is 13.1. The van der Waals surface area contributed by atoms with Crippen molar-refractivity contribution in [2.24, 2.45) is 0 Å². The summed E-state index contributed by atoms with van der Waals surface area (Å²) in [4.78, 5) is 16.9. The zero-order valence-corrected chi connectivity index (χ0v) is 10.5. The summed E-state index contributed by atoms with van der Waals surface area (Å²) < 4.78 is 0. The van der Waals surface area contributed by atoms with E-state index >= 15 is 0 Å². The molecule has 2 aromatic rings. The number of para-hydroxylation sites is 1. The maximum Gasteiger partial charge on any atom is 0.270 e. The van der Waals surface area contributed by atoms with Gasteiger partial charge in [-0.1, -0.05) is 18.2 Å². The van der Waals surface area contributed by atoms with Crippen molar-refractivity contribution < 1.29 is 4.79 Å². The van der Waals surface area contributed by atoms with E-state index in [4.69, 9.17) is 5.26 Å². The highest BCUT2D eigenvalue weighted by Gasteiger charge is 2.18. The molecule has 1 atom stereocenters. The molecule has 0 saturated carbocycles. The van der Waals surface area contributed by atoms with E-state index in [2.05, 4.69) is 11.1 Å². The Bertz CT molecular complexity index is 576. The first-order valence-electron chi connectivity index (χ1n) is 5.85. The van der Waals surface area contributed by atoms with Crippen molar-refractivity contribution in [3.63, 3.8) is 0 Å². The smallest absolute Gasteiger partial charge is 0.270 e. The quantitative estimate of drug-likeness (QED) is 0.897. The summed E-state index contributed by atoms with van der Waals surface area (Å²) >= 11 is 0. The Morgan fingerprint density at radius 1 is 1.50 bits per heavy atom. The second kappa shape index (κ2) is 4.92. The number of hydrogen-bond donors (Lipinski definition) is 1. The Balaban J connectivity index is 2.26. The number of nitrogens with zero attached hydrogens (tertiary/aromatic N) is 2. The molecule has 1 aromatic heterocycles. The molecule has 0 saturated heterocycles. The van der Waals surface area contributed by atoms with Crippen LogP contribution in [0.5, 0.6) is 0 Å². The number of fused-ring (bicyclic) bond motifs is 1. The summed E-state index contributed by atoms with van der Waals surface area (Å²) in [5.74, 6) is -0.0889. The van der Waals surface area contributed by atoms with E-state index in [9.17, 15) is 4.79 Å². The number of aromatic amines is 1. The molecule has 1 N–H and O–H groups in total. The predicted octanol–water partition coefficient (Wildman–Crippen LogP) is 2.54. The summed E-state index contributed by atoms with van der Waals surface area (Å²) in [7, 11) is 1.72. The normalized spacial score (nSPS) is 12.1. The highest BCUT2D eigenvalue weighted by molar-refractivity contribution is 5.98. The van der Waals surface area contributed by atoms with Gasteiger partial charge in [0.2, 0.25) is 0 Å². The van der Waals surface area contributed by atoms with Crippen molar-refractivity contribution in [3.8, 4) is 6.07 Å². The van der Waals surface area contributed by atoms with Crippen molar-refractivity contribution in [1.82, 2.24) is 9.88 Å². The Hall–Kier alpha value is -2.28. The minimum absolute atomic E-state index is 0.0889. The van der Waals surface area contributed by atoms with Crippen LogP contribution in [0.1, 0.15) is 23.8 Å². The van der Waals surface area contributed by atoms with Gasteiger partial charge in [0.1, 0.15) is 5.69 Å². The van der Waals surface area contributed by atoms with E-state index in [-0.39, 0.29) is 11.9 Å². The number of amides is 1. The summed E-state index contributed by atoms with van der Waals surface area (Å²) in [5, 5.41) is 9.67. The molecule has 2 rings (SSSR count). The number of benzene rings is 1. The Morgan fingerprint density at radius 2 is 2.22 bits per heavy atom. The van der Waals surface area contributed by atoms with Gasteiger partial charge in [-0.3, -0.25) is 4.79 Å². The third-order valence-electron chi connectivity index (χ3n) is 3.13. The number of aromatic nitrogens is 1. The summed E-state index contributed by atoms with van der Waals surface area (Å²) in [6.45, 7) is 1.86. The minimum atomic E-state index is -0.0890. The van der Waals surface area contributed by atoms with Gasteiger partial charge in [0.05, 0.1) is 12.5 Å². The molecule has 0 spiro atoms. The molecule has 92 valence electrons. The van der Waals surface area contributed by atoms with Crippen molar-refractivity contribution in [2.45, 2.75) is 19.4 Å². The van der Waals surface area contributed by atoms with Crippen LogP contribution in [-0.2, 0) is 0 Å². The fourth-order valence-electron chi connectivity index (χ4n) is 1.85. The van der Waals surface area contributed by atoms with Gasteiger partial charge in [0.25, 0.3) is 5.91 Å². The summed E-state index contributed by atoms with van der Waals surface area (Å²) in [5.41, 5.74) is 1.51. The third-order valence-corrected chi connectivity index (χ3v) is 3.13. The molecule has 4 nitrogen and oxygen atoms in total. The molecule has 4 heteroatoms. The molecule has 0 radical (unpaired) electrons. The molecular weight excluding hydrogens is 226 g/mol. The highest BCUT2D eigenvalue weighted by Crippen LogP contribution is 2.16. The lowest BCUT2D eigenvalue weighted by molar-refractivity contribution is 0.0741. The van der Waals surface area contributed by atoms with E-state index in [1.165, 1.54) is 0 Å². The summed E-state index contributed by atoms with van der Waals surface area (Å²) in [6, 6.07) is 11.6. The maximum atomic E-state index is 12.2. The molecule has 0 aliphatic rings. The van der Waals surface area contributed by atoms with Gasteiger partial charge in [-0.15, -0.1) is 0 Å². The van der Waals surface area contributed by atoms with Gasteiger partial charge in [-0.2, -0.15) is 5.26 Å². The number of rotatable bonds is 3. The van der Waals surface area contributed by atoms with Crippen LogP contribution in [0.4, 0.5) is 0 Å². The number of carbonyl (C=O) groups is 1. The molecular formula is C14H15N3O. The van der Waals surface area contributed by atoms with Crippen LogP contribution in [0.15, 0.2) is 30.3 Å². The number of nitriles is 1. The zero-order valence-electron chi connectivity index (χ0n) is 10.5. The van der Waals surface area contributed by atoms with Gasteiger partial charge in [-0.05, 0) is 19.1 Å². The van der Waals surface area contributed by atoms with Crippen LogP contribution in [0.3, 0.4) is 0 Å². The van der Waals surface area contributed by atoms with Crippen LogP contribution in [0.2, 0.25) is 0 Å². The van der Waals surface area contributed by atoms with Crippen molar-refractivity contribution in [2.75, 3.05) is 7.05 Å². The lowest BCUT2D eigenvalue weighted by Crippen LogP contribution is -2.35. The van der Waals surface area contributed by atoms with E-state index < -0.39 is 0 Å². The first kappa shape index (κ1) is 12.2. The standard InChI is InChI=1S/C14H15N3O/c1-10(7-8-15)17(2)14(18)13-9-11-5-3-4-6-12(11)16-13/h3-6,9-10,16H,7H2,1-2H3. The third kappa shape index (κ3) is 2.21. The first-order valence-corrected chi connectivity index (χ1v) is 5.85. The van der Waals surface area contributed by atoms with Crippen LogP contribution < -0.4 is 0 Å². The number of carbonyl (C=O) groups excluding carboxylic acids is 1. The monoisotopic (exact) mass is 241 g/mol. The molecule has 1 amide bonds. The number of hydrogen-bond acceptors (Lipinski definition) is 2. The lowest BCUT2D eigenvalue weighted by Gasteiger charge is -2.22. The Labute approximate surface area is 106 Å². The maximum absolute atomic E-state index is 12.2. The average Bonchev–Trinajstić information content (AvgIpc) is 2.81. The van der Waals surface area contributed by atoms with E-state index in [1.807, 2.05) is 37.3 Å². The molecule has 0 aliphatic heterocycles. The average molecular weight is 241 g/mol. The van der Waals surface area contributed by atoms with Gasteiger partial charge < -0.3 is 9.88 Å². The number of nitrogens with one attached hydrogen (secondary N) is 1. The number of H-pyrrole nitrogens is 1. The predicted molar refractivity (Wildman–Crippen MR) is 70.1 cm³/mol. The fourth-order valence-corrected chi connectivity index (χ4v) is 1.85. The lowest BCUT2D eigenvalue weighted by atomic mass is 10.2. The van der Waals surface area contributed by atoms with Crippen molar-refractivity contribution in [3.05, 3.63) is 36.0 Å². The first-order chi connectivity index (χ1) is 8.63. The van der Waals surface area contributed by atoms with Gasteiger partial charge in [0.15, 0.2) is 0 Å². The van der Waals surface area contributed by atoms with Crippen molar-refractivity contribution >= 4 is 16.8 Å². The van der Waals surface area contributed by atoms with Gasteiger partial charge >= 0.3 is 0 Å². The molecule has 18 heavy (non-hydrogen) atoms. The van der Waals surface area contributed by atoms with E-state index in [0.29, 0.717) is 12.1 Å².